The number of rotatable bonds is 3. The Labute approximate surface area is 130 Å². The quantitative estimate of drug-likeness (QED) is 0.890. The van der Waals surface area contributed by atoms with Crippen molar-refractivity contribution < 1.29 is 0 Å². The molecule has 108 valence electrons. The molecule has 2 unspecified atom stereocenters. The summed E-state index contributed by atoms with van der Waals surface area (Å²) in [6, 6.07) is 17.9. The van der Waals surface area contributed by atoms with Gasteiger partial charge in [0.1, 0.15) is 0 Å². The van der Waals surface area contributed by atoms with Gasteiger partial charge >= 0.3 is 0 Å². The normalized spacial score (nSPS) is 22.6. The highest BCUT2D eigenvalue weighted by atomic mass is 32.2. The predicted octanol–water partition coefficient (Wildman–Crippen LogP) is 4.67. The molecule has 0 spiro atoms. The lowest BCUT2D eigenvalue weighted by molar-refractivity contribution is 0.419. The fourth-order valence-corrected chi connectivity index (χ4v) is 4.71. The van der Waals surface area contributed by atoms with E-state index in [0.717, 1.165) is 12.3 Å². The number of benzene rings is 2. The third-order valence-electron chi connectivity index (χ3n) is 4.97. The topological polar surface area (TPSA) is 26.0 Å². The predicted molar refractivity (Wildman–Crippen MR) is 89.8 cm³/mol. The van der Waals surface area contributed by atoms with Gasteiger partial charge in [-0.3, -0.25) is 0 Å². The Balaban J connectivity index is 1.49. The zero-order valence-corrected chi connectivity index (χ0v) is 13.0. The van der Waals surface area contributed by atoms with Gasteiger partial charge in [0.2, 0.25) is 0 Å². The molecule has 2 N–H and O–H groups in total. The Morgan fingerprint density at radius 2 is 1.76 bits per heavy atom. The van der Waals surface area contributed by atoms with Crippen LogP contribution < -0.4 is 5.73 Å². The summed E-state index contributed by atoms with van der Waals surface area (Å²) in [7, 11) is 0. The molecule has 4 rings (SSSR count). The molecule has 1 aliphatic heterocycles. The molecule has 2 aromatic carbocycles. The molecular formula is C19H21NS. The van der Waals surface area contributed by atoms with Gasteiger partial charge in [-0.25, -0.2) is 0 Å². The maximum Gasteiger partial charge on any atom is 0.0422 e. The molecule has 0 aromatic heterocycles. The molecule has 21 heavy (non-hydrogen) atoms. The van der Waals surface area contributed by atoms with Crippen LogP contribution >= 0.6 is 11.8 Å². The average Bonchev–Trinajstić information content (AvgIpc) is 2.89. The van der Waals surface area contributed by atoms with E-state index >= 15 is 0 Å². The minimum atomic E-state index is 0.123. The van der Waals surface area contributed by atoms with Crippen molar-refractivity contribution in [1.82, 2.24) is 0 Å². The van der Waals surface area contributed by atoms with Gasteiger partial charge in [-0.1, -0.05) is 48.9 Å². The lowest BCUT2D eigenvalue weighted by Gasteiger charge is -2.26. The second-order valence-corrected chi connectivity index (χ2v) is 7.57. The Bertz CT molecular complexity index is 605. The first kappa shape index (κ1) is 13.4. The van der Waals surface area contributed by atoms with E-state index in [4.69, 9.17) is 5.73 Å². The van der Waals surface area contributed by atoms with Crippen molar-refractivity contribution in [2.24, 2.45) is 5.73 Å². The van der Waals surface area contributed by atoms with Gasteiger partial charge in [0.05, 0.1) is 0 Å². The number of hydrogen-bond acceptors (Lipinski definition) is 2. The van der Waals surface area contributed by atoms with Crippen LogP contribution in [-0.2, 0) is 6.42 Å². The average molecular weight is 295 g/mol. The van der Waals surface area contributed by atoms with Crippen LogP contribution in [0, 0.1) is 0 Å². The standard InChI is InChI=1S/C19H21NS/c20-19(18-12-16-4-1-2-7-17(16)21-18)15-10-8-14(9-11-15)13-5-3-6-13/h1-2,4,7-11,13,18-19H,3,5-6,12,20H2. The maximum absolute atomic E-state index is 6.53. The number of nitrogens with two attached hydrogens (primary N) is 1. The summed E-state index contributed by atoms with van der Waals surface area (Å²) >= 11 is 1.94. The molecule has 2 aromatic rings. The minimum absolute atomic E-state index is 0.123. The van der Waals surface area contributed by atoms with E-state index in [0.29, 0.717) is 5.25 Å². The fraction of sp³-hybridized carbons (Fsp3) is 0.368. The van der Waals surface area contributed by atoms with Crippen molar-refractivity contribution in [2.75, 3.05) is 0 Å². The molecule has 2 heteroatoms. The van der Waals surface area contributed by atoms with E-state index < -0.39 is 0 Å². The molecule has 0 saturated heterocycles. The van der Waals surface area contributed by atoms with E-state index in [1.165, 1.54) is 40.8 Å². The van der Waals surface area contributed by atoms with Gasteiger partial charge in [0, 0.05) is 16.2 Å². The Morgan fingerprint density at radius 1 is 1.00 bits per heavy atom. The third kappa shape index (κ3) is 2.51. The van der Waals surface area contributed by atoms with E-state index in [2.05, 4.69) is 48.5 Å². The Morgan fingerprint density at radius 3 is 2.43 bits per heavy atom. The first-order chi connectivity index (χ1) is 10.3. The van der Waals surface area contributed by atoms with Crippen LogP contribution in [0.5, 0.6) is 0 Å². The molecule has 2 atom stereocenters. The molecule has 0 radical (unpaired) electrons. The van der Waals surface area contributed by atoms with E-state index in [9.17, 15) is 0 Å². The molecule has 1 heterocycles. The first-order valence-electron chi connectivity index (χ1n) is 7.91. The highest BCUT2D eigenvalue weighted by Gasteiger charge is 2.28. The van der Waals surface area contributed by atoms with Crippen molar-refractivity contribution in [3.63, 3.8) is 0 Å². The molecule has 0 amide bonds. The molecule has 1 saturated carbocycles. The summed E-state index contributed by atoms with van der Waals surface area (Å²) in [5.41, 5.74) is 10.8. The monoisotopic (exact) mass is 295 g/mol. The summed E-state index contributed by atoms with van der Waals surface area (Å²) in [5, 5.41) is 0.469. The molecular weight excluding hydrogens is 274 g/mol. The van der Waals surface area contributed by atoms with Crippen LogP contribution in [0.15, 0.2) is 53.4 Å². The zero-order valence-electron chi connectivity index (χ0n) is 12.2. The van der Waals surface area contributed by atoms with Crippen molar-refractivity contribution in [2.45, 2.75) is 47.8 Å². The molecule has 1 aliphatic carbocycles. The van der Waals surface area contributed by atoms with Gasteiger partial charge in [-0.05, 0) is 47.9 Å². The van der Waals surface area contributed by atoms with Crippen molar-refractivity contribution in [3.05, 3.63) is 65.2 Å². The Kier molecular flexibility index (Phi) is 3.52. The van der Waals surface area contributed by atoms with Crippen molar-refractivity contribution in [3.8, 4) is 0 Å². The van der Waals surface area contributed by atoms with Gasteiger partial charge < -0.3 is 5.73 Å². The SMILES string of the molecule is NC(c1ccc(C2CCC2)cc1)C1Cc2ccccc2S1. The highest BCUT2D eigenvalue weighted by Crippen LogP contribution is 2.42. The fourth-order valence-electron chi connectivity index (χ4n) is 3.36. The van der Waals surface area contributed by atoms with E-state index in [1.54, 1.807) is 0 Å². The highest BCUT2D eigenvalue weighted by molar-refractivity contribution is 8.00. The third-order valence-corrected chi connectivity index (χ3v) is 6.39. The van der Waals surface area contributed by atoms with Crippen LogP contribution in [0.25, 0.3) is 0 Å². The van der Waals surface area contributed by atoms with Gasteiger partial charge in [0.25, 0.3) is 0 Å². The van der Waals surface area contributed by atoms with Crippen LogP contribution in [-0.4, -0.2) is 5.25 Å². The second kappa shape index (κ2) is 5.51. The smallest absolute Gasteiger partial charge is 0.0422 e. The van der Waals surface area contributed by atoms with Crippen LogP contribution in [0.1, 0.15) is 47.9 Å². The van der Waals surface area contributed by atoms with Crippen LogP contribution in [0.4, 0.5) is 0 Å². The van der Waals surface area contributed by atoms with Crippen molar-refractivity contribution >= 4 is 11.8 Å². The van der Waals surface area contributed by atoms with Gasteiger partial charge in [-0.2, -0.15) is 0 Å². The Hall–Kier alpha value is -1.25. The van der Waals surface area contributed by atoms with Crippen molar-refractivity contribution in [1.29, 1.82) is 0 Å². The largest absolute Gasteiger partial charge is 0.323 e. The lowest BCUT2D eigenvalue weighted by Crippen LogP contribution is -2.23. The molecule has 1 fully saturated rings. The van der Waals surface area contributed by atoms with Gasteiger partial charge in [-0.15, -0.1) is 11.8 Å². The summed E-state index contributed by atoms with van der Waals surface area (Å²) in [5.74, 6) is 0.806. The minimum Gasteiger partial charge on any atom is -0.323 e. The van der Waals surface area contributed by atoms with E-state index in [1.807, 2.05) is 11.8 Å². The summed E-state index contributed by atoms with van der Waals surface area (Å²) in [6.07, 6.45) is 5.20. The molecule has 2 aliphatic rings. The molecule has 0 bridgehead atoms. The molecule has 1 nitrogen and oxygen atoms in total. The van der Waals surface area contributed by atoms with Crippen LogP contribution in [0.2, 0.25) is 0 Å². The maximum atomic E-state index is 6.53. The zero-order chi connectivity index (χ0) is 14.2. The first-order valence-corrected chi connectivity index (χ1v) is 8.79. The number of hydrogen-bond donors (Lipinski definition) is 1. The number of fused-ring (bicyclic) bond motifs is 1. The van der Waals surface area contributed by atoms with E-state index in [-0.39, 0.29) is 6.04 Å². The lowest BCUT2D eigenvalue weighted by atomic mass is 9.80. The second-order valence-electron chi connectivity index (χ2n) is 6.29. The summed E-state index contributed by atoms with van der Waals surface area (Å²) in [6.45, 7) is 0. The summed E-state index contributed by atoms with van der Waals surface area (Å²) < 4.78 is 0. The number of thioether (sulfide) groups is 1. The van der Waals surface area contributed by atoms with Gasteiger partial charge in [0.15, 0.2) is 0 Å². The summed E-state index contributed by atoms with van der Waals surface area (Å²) in [4.78, 5) is 1.41. The van der Waals surface area contributed by atoms with Crippen LogP contribution in [0.3, 0.4) is 0 Å².